The normalized spacial score (nSPS) is 15.3. The first-order valence-corrected chi connectivity index (χ1v) is 15.5. The molecule has 2 atom stereocenters. The highest BCUT2D eigenvalue weighted by Gasteiger charge is 2.28. The molecular formula is C32H46O5S. The number of carboxylic acid groups (broad SMARTS) is 2. The highest BCUT2D eigenvalue weighted by molar-refractivity contribution is 7.91. The van der Waals surface area contributed by atoms with Crippen LogP contribution in [0.15, 0.2) is 60.7 Å². The summed E-state index contributed by atoms with van der Waals surface area (Å²) in [6.07, 6.45) is 9.29. The molecule has 0 aromatic heterocycles. The number of aliphatic carboxylic acids is 2. The minimum atomic E-state index is -0.816. The summed E-state index contributed by atoms with van der Waals surface area (Å²) in [5.41, 5.74) is 2.07. The lowest BCUT2D eigenvalue weighted by molar-refractivity contribution is -0.138. The smallest absolute Gasteiger partial charge is 0.303 e. The molecule has 0 fully saturated rings. The van der Waals surface area contributed by atoms with Crippen LogP contribution in [0.5, 0.6) is 0 Å². The van der Waals surface area contributed by atoms with Gasteiger partial charge in [-0.15, -0.1) is 0 Å². The quantitative estimate of drug-likeness (QED) is 0.133. The Morgan fingerprint density at radius 2 is 1.00 bits per heavy atom. The largest absolute Gasteiger partial charge is 0.616 e. The van der Waals surface area contributed by atoms with Gasteiger partial charge in [0.1, 0.15) is 11.5 Å². The lowest BCUT2D eigenvalue weighted by atomic mass is 9.74. The fourth-order valence-electron chi connectivity index (χ4n) is 5.29. The maximum absolute atomic E-state index is 12.5. The maximum atomic E-state index is 12.5. The van der Waals surface area contributed by atoms with Crippen molar-refractivity contribution >= 4 is 23.1 Å². The Bertz CT molecular complexity index is 873. The molecule has 0 spiro atoms. The first kappa shape index (κ1) is 31.9. The van der Waals surface area contributed by atoms with E-state index in [1.165, 1.54) is 11.1 Å². The molecule has 0 bridgehead atoms. The van der Waals surface area contributed by atoms with Crippen LogP contribution in [0.25, 0.3) is 0 Å². The Morgan fingerprint density at radius 3 is 1.34 bits per heavy atom. The van der Waals surface area contributed by atoms with Gasteiger partial charge in [-0.25, -0.2) is 0 Å². The third-order valence-corrected chi connectivity index (χ3v) is 9.41. The molecule has 2 aromatic rings. The Morgan fingerprint density at radius 1 is 0.632 bits per heavy atom. The molecule has 38 heavy (non-hydrogen) atoms. The van der Waals surface area contributed by atoms with Crippen LogP contribution in [0.1, 0.15) is 102 Å². The van der Waals surface area contributed by atoms with E-state index < -0.39 is 23.1 Å². The SMILES string of the molecule is CC(CCCCC[S+]([O-])CCCCCC(C)(CCC(=O)O)c1ccccc1)(CCC(=O)O)c1ccccc1. The third-order valence-electron chi connectivity index (χ3n) is 7.92. The average molecular weight is 543 g/mol. The first-order chi connectivity index (χ1) is 18.1. The summed E-state index contributed by atoms with van der Waals surface area (Å²) in [4.78, 5) is 22.3. The van der Waals surface area contributed by atoms with Crippen molar-refractivity contribution in [3.05, 3.63) is 71.8 Å². The lowest BCUT2D eigenvalue weighted by Gasteiger charge is -2.30. The molecule has 6 heteroatoms. The zero-order chi connectivity index (χ0) is 27.9. The highest BCUT2D eigenvalue weighted by atomic mass is 32.2. The van der Waals surface area contributed by atoms with Gasteiger partial charge in [-0.05, 0) is 73.3 Å². The topological polar surface area (TPSA) is 97.7 Å². The number of hydrogen-bond donors (Lipinski definition) is 2. The fraction of sp³-hybridized carbons (Fsp3) is 0.562. The van der Waals surface area contributed by atoms with Gasteiger partial charge in [0, 0.05) is 12.8 Å². The van der Waals surface area contributed by atoms with Crippen LogP contribution in [0.3, 0.4) is 0 Å². The van der Waals surface area contributed by atoms with Crippen LogP contribution >= 0.6 is 0 Å². The third kappa shape index (κ3) is 11.6. The van der Waals surface area contributed by atoms with Gasteiger partial charge in [0.2, 0.25) is 0 Å². The monoisotopic (exact) mass is 542 g/mol. The maximum Gasteiger partial charge on any atom is 0.303 e. The first-order valence-electron chi connectivity index (χ1n) is 14.0. The van der Waals surface area contributed by atoms with Crippen LogP contribution in [0, 0.1) is 0 Å². The van der Waals surface area contributed by atoms with Gasteiger partial charge in [0.25, 0.3) is 0 Å². The molecule has 0 amide bonds. The van der Waals surface area contributed by atoms with Crippen LogP contribution in [0.2, 0.25) is 0 Å². The van der Waals surface area contributed by atoms with E-state index >= 15 is 0 Å². The Kier molecular flexibility index (Phi) is 13.9. The standard InChI is InChI=1S/C32H46O5S/c1-31(23-19-29(33)34,27-15-7-3-8-16-27)21-11-5-13-25-38(37)26-14-6-12-22-32(2,24-20-30(35)36)28-17-9-4-10-18-28/h3-4,7-10,15-18H,5-6,11-14,19-26H2,1-2H3,(H,33,34)(H,35,36). The summed E-state index contributed by atoms with van der Waals surface area (Å²) in [5, 5.41) is 18.4. The van der Waals surface area contributed by atoms with Crippen LogP contribution in [-0.2, 0) is 31.6 Å². The molecule has 2 rings (SSSR count). The van der Waals surface area contributed by atoms with Gasteiger partial charge in [0.05, 0.1) is 0 Å². The number of carboxylic acids is 2. The predicted molar refractivity (Wildman–Crippen MR) is 156 cm³/mol. The van der Waals surface area contributed by atoms with Crippen LogP contribution in [-0.4, -0.2) is 38.2 Å². The van der Waals surface area contributed by atoms with Crippen molar-refractivity contribution in [3.63, 3.8) is 0 Å². The average Bonchev–Trinajstić information content (AvgIpc) is 2.91. The van der Waals surface area contributed by atoms with Gasteiger partial charge < -0.3 is 14.8 Å². The Hall–Kier alpha value is -2.31. The number of carbonyl (C=O) groups is 2. The number of benzene rings is 2. The van der Waals surface area contributed by atoms with Crippen molar-refractivity contribution in [2.24, 2.45) is 0 Å². The molecule has 2 aromatic carbocycles. The summed E-state index contributed by atoms with van der Waals surface area (Å²) in [6.45, 7) is 4.32. The van der Waals surface area contributed by atoms with Gasteiger partial charge in [-0.1, -0.05) is 98.5 Å². The summed E-state index contributed by atoms with van der Waals surface area (Å²) < 4.78 is 12.5. The molecule has 0 heterocycles. The van der Waals surface area contributed by atoms with Crippen molar-refractivity contribution in [2.75, 3.05) is 11.5 Å². The number of unbranched alkanes of at least 4 members (excludes halogenated alkanes) is 4. The zero-order valence-electron chi connectivity index (χ0n) is 23.2. The van der Waals surface area contributed by atoms with E-state index in [9.17, 15) is 24.4 Å². The van der Waals surface area contributed by atoms with E-state index in [-0.39, 0.29) is 23.7 Å². The van der Waals surface area contributed by atoms with Crippen molar-refractivity contribution in [1.29, 1.82) is 0 Å². The Labute approximate surface area is 232 Å². The molecule has 0 aliphatic carbocycles. The predicted octanol–water partition coefficient (Wildman–Crippen LogP) is 7.50. The van der Waals surface area contributed by atoms with E-state index in [4.69, 9.17) is 0 Å². The second kappa shape index (κ2) is 16.6. The van der Waals surface area contributed by atoms with Gasteiger partial charge in [-0.3, -0.25) is 9.59 Å². The van der Waals surface area contributed by atoms with E-state index in [0.29, 0.717) is 12.8 Å². The second-order valence-electron chi connectivity index (χ2n) is 11.1. The minimum absolute atomic E-state index is 0.155. The molecule has 210 valence electrons. The highest BCUT2D eigenvalue weighted by Crippen LogP contribution is 2.35. The minimum Gasteiger partial charge on any atom is -0.616 e. The van der Waals surface area contributed by atoms with Gasteiger partial charge >= 0.3 is 11.9 Å². The molecule has 0 saturated carbocycles. The molecule has 0 saturated heterocycles. The van der Waals surface area contributed by atoms with Gasteiger partial charge in [-0.2, -0.15) is 0 Å². The summed E-state index contributed by atoms with van der Waals surface area (Å²) in [7, 11) is 0. The molecule has 0 radical (unpaired) electrons. The van der Waals surface area contributed by atoms with Crippen molar-refractivity contribution < 1.29 is 24.4 Å². The molecule has 0 aliphatic rings. The van der Waals surface area contributed by atoms with Crippen molar-refractivity contribution in [2.45, 2.75) is 102 Å². The summed E-state index contributed by atoms with van der Waals surface area (Å²) in [5.74, 6) is -0.0744. The van der Waals surface area contributed by atoms with Crippen molar-refractivity contribution in [1.82, 2.24) is 0 Å². The zero-order valence-corrected chi connectivity index (χ0v) is 24.0. The summed E-state index contributed by atoms with van der Waals surface area (Å²) >= 11 is -0.816. The van der Waals surface area contributed by atoms with Crippen LogP contribution in [0.4, 0.5) is 0 Å². The van der Waals surface area contributed by atoms with E-state index in [1.54, 1.807) is 0 Å². The number of hydrogen-bond acceptors (Lipinski definition) is 3. The molecule has 0 aliphatic heterocycles. The second-order valence-corrected chi connectivity index (χ2v) is 12.8. The Balaban J connectivity index is 1.67. The lowest BCUT2D eigenvalue weighted by Crippen LogP contribution is -2.23. The van der Waals surface area contributed by atoms with E-state index in [0.717, 1.165) is 62.9 Å². The molecule has 2 N–H and O–H groups in total. The molecule has 2 unspecified atom stereocenters. The van der Waals surface area contributed by atoms with Crippen molar-refractivity contribution in [3.8, 4) is 0 Å². The van der Waals surface area contributed by atoms with E-state index in [2.05, 4.69) is 38.1 Å². The fourth-order valence-corrected chi connectivity index (χ4v) is 6.54. The van der Waals surface area contributed by atoms with E-state index in [1.807, 2.05) is 36.4 Å². The summed E-state index contributed by atoms with van der Waals surface area (Å²) in [6, 6.07) is 20.4. The van der Waals surface area contributed by atoms with Crippen LogP contribution < -0.4 is 0 Å². The number of rotatable bonds is 20. The molecule has 5 nitrogen and oxygen atoms in total. The molecular weight excluding hydrogens is 496 g/mol. The van der Waals surface area contributed by atoms with Gasteiger partial charge in [0.15, 0.2) is 0 Å².